The van der Waals surface area contributed by atoms with E-state index in [1.54, 1.807) is 16.9 Å². The molecule has 0 spiro atoms. The number of amides is 4. The van der Waals surface area contributed by atoms with E-state index in [0.29, 0.717) is 61.5 Å². The van der Waals surface area contributed by atoms with Gasteiger partial charge in [0, 0.05) is 49.7 Å². The van der Waals surface area contributed by atoms with Gasteiger partial charge in [-0.1, -0.05) is 91.8 Å². The number of anilines is 5. The number of aliphatic carboxylic acids is 1. The van der Waals surface area contributed by atoms with Gasteiger partial charge < -0.3 is 55.1 Å². The number of carboxylic acid groups (broad SMARTS) is 1. The molecule has 492 valence electrons. The van der Waals surface area contributed by atoms with Crippen LogP contribution >= 0.6 is 65.4 Å². The largest absolute Gasteiger partial charge is 0.489 e. The fraction of sp³-hybridized carbons (Fsp3) is 0.517. The number of rotatable bonds is 23. The first-order chi connectivity index (χ1) is 42.0. The molecule has 0 fully saturated rings. The summed E-state index contributed by atoms with van der Waals surface area (Å²) >= 11 is 28.8. The maximum Gasteiger partial charge on any atom is 0.344 e. The Kier molecular flexibility index (Phi) is 33.7. The van der Waals surface area contributed by atoms with Gasteiger partial charge in [-0.2, -0.15) is 15.0 Å². The Bertz CT molecular complexity index is 3080. The van der Waals surface area contributed by atoms with Crippen LogP contribution in [0.2, 0.25) is 10.3 Å². The number of alkyl halides is 3. The van der Waals surface area contributed by atoms with E-state index in [9.17, 15) is 37.7 Å². The van der Waals surface area contributed by atoms with Crippen LogP contribution in [-0.4, -0.2) is 148 Å². The number of para-hydroxylation sites is 3. The number of esters is 1. The van der Waals surface area contributed by atoms with Crippen molar-refractivity contribution in [1.29, 1.82) is 0 Å². The van der Waals surface area contributed by atoms with E-state index >= 15 is 0 Å². The lowest BCUT2D eigenvalue weighted by atomic mass is 9.93. The second-order valence-electron chi connectivity index (χ2n) is 20.9. The fourth-order valence-electron chi connectivity index (χ4n) is 8.95. The lowest BCUT2D eigenvalue weighted by Crippen LogP contribution is -2.47. The molecule has 22 nitrogen and oxygen atoms in total. The molecule has 6 N–H and O–H groups in total. The summed E-state index contributed by atoms with van der Waals surface area (Å²) in [5.41, 5.74) is 9.70. The van der Waals surface area contributed by atoms with Gasteiger partial charge in [0.05, 0.1) is 47.4 Å². The first-order valence-electron chi connectivity index (χ1n) is 28.9. The SMILES string of the molecule is CC1COc2ccccc2N1C(=O)C(Cl)Cl.CCCCCOC(=O)COc1cc(N2C(=O)C3=C(CCCC3)C2=O)c(F)cc1Cl.CCNc1nc(Cl)nc(NC(C)C)n1.CCc1cccc(C)c1N(C(=O)CCl)C(C)COC.CP(=O)(O)CCC(N)C(=O)O. The molecule has 1 aliphatic carbocycles. The van der Waals surface area contributed by atoms with E-state index in [4.69, 9.17) is 92.7 Å². The minimum absolute atomic E-state index is 0.000883. The maximum atomic E-state index is 14.5. The standard InChI is InChI=1S/C21H23ClFNO5.C15H22ClNO2.C11H11Cl2NO2.C8H14ClN5.C5H12NO4P/c1-2-3-6-9-28-19(25)12-29-18-11-17(16(23)10-15(18)22)24-20(26)13-7-4-5-8-14(13)21(24)27;1-5-13-8-6-7-11(2)15(13)17(14(18)9-16)12(3)10-19-4;1-7-6-16-9-5-3-2-4-8(9)14(7)11(15)10(12)13;1-4-10-7-12-6(9)13-8(14-7)11-5(2)3;1-11(9,10)3-2-4(6)5(7)8/h10-11H,2-9,12H2,1H3;6-8,12H,5,9-10H2,1-4H3;2-5,7,10H,6H2,1H3;5H,4H2,1-3H3,(H2,10,11,12,13,14);4H,2-3,6H2,1H3,(H,7,8)(H,9,10). The van der Waals surface area contributed by atoms with Crippen LogP contribution in [-0.2, 0) is 49.2 Å². The Balaban J connectivity index is 0.000000304. The van der Waals surface area contributed by atoms with E-state index in [1.165, 1.54) is 12.7 Å². The summed E-state index contributed by atoms with van der Waals surface area (Å²) in [7, 11) is -1.47. The molecule has 0 saturated carbocycles. The van der Waals surface area contributed by atoms with Gasteiger partial charge >= 0.3 is 11.9 Å². The van der Waals surface area contributed by atoms with Gasteiger partial charge in [0.25, 0.3) is 17.7 Å². The molecule has 0 bridgehead atoms. The van der Waals surface area contributed by atoms with Gasteiger partial charge in [-0.05, 0) is 127 Å². The van der Waals surface area contributed by atoms with Crippen molar-refractivity contribution in [3.05, 3.63) is 93.0 Å². The molecular formula is C60H82Cl5FN9O13P. The van der Waals surface area contributed by atoms with Crippen molar-refractivity contribution in [3.63, 3.8) is 0 Å². The van der Waals surface area contributed by atoms with E-state index in [2.05, 4.69) is 38.6 Å². The third kappa shape index (κ3) is 24.7. The van der Waals surface area contributed by atoms with Crippen molar-refractivity contribution >= 4 is 130 Å². The molecule has 29 heteroatoms. The Morgan fingerprint density at radius 1 is 0.944 bits per heavy atom. The average molecular weight is 1360 g/mol. The number of methoxy groups -OCH3 is 1. The van der Waals surface area contributed by atoms with Crippen LogP contribution in [0.15, 0.2) is 65.7 Å². The number of nitrogens with zero attached hydrogens (tertiary/aromatic N) is 6. The Morgan fingerprint density at radius 3 is 2.15 bits per heavy atom. The number of ether oxygens (including phenoxy) is 4. The first-order valence-corrected chi connectivity index (χ1v) is 33.4. The predicted molar refractivity (Wildman–Crippen MR) is 348 cm³/mol. The first kappa shape index (κ1) is 77.4. The molecule has 7 rings (SSSR count). The van der Waals surface area contributed by atoms with E-state index in [-0.39, 0.29) is 70.1 Å². The number of nitrogens with two attached hydrogens (primary N) is 1. The third-order valence-corrected chi connectivity index (χ3v) is 15.3. The Morgan fingerprint density at radius 2 is 1.58 bits per heavy atom. The molecule has 0 radical (unpaired) electrons. The molecule has 89 heavy (non-hydrogen) atoms. The van der Waals surface area contributed by atoms with E-state index < -0.39 is 54.4 Å². The molecule has 3 aliphatic rings. The van der Waals surface area contributed by atoms with Crippen LogP contribution in [0.1, 0.15) is 111 Å². The molecule has 3 aromatic carbocycles. The van der Waals surface area contributed by atoms with Gasteiger partial charge in [-0.15, -0.1) is 11.6 Å². The second-order valence-corrected chi connectivity index (χ2v) is 25.6. The summed E-state index contributed by atoms with van der Waals surface area (Å²) in [6, 6.07) is 14.7. The highest BCUT2D eigenvalue weighted by atomic mass is 35.5. The monoisotopic (exact) mass is 1360 g/mol. The molecule has 4 aromatic rings. The number of fused-ring (bicyclic) bond motifs is 1. The highest BCUT2D eigenvalue weighted by Gasteiger charge is 2.41. The van der Waals surface area contributed by atoms with Crippen LogP contribution in [0.5, 0.6) is 11.5 Å². The van der Waals surface area contributed by atoms with Gasteiger partial charge in [-0.3, -0.25) is 28.5 Å². The average Bonchev–Trinajstić information content (AvgIpc) is 2.06. The number of carboxylic acids is 1. The lowest BCUT2D eigenvalue weighted by molar-refractivity contribution is -0.146. The van der Waals surface area contributed by atoms with Crippen LogP contribution in [0, 0.1) is 12.7 Å². The predicted octanol–water partition coefficient (Wildman–Crippen LogP) is 11.6. The number of aryl methyl sites for hydroxylation is 2. The summed E-state index contributed by atoms with van der Waals surface area (Å²) in [5, 5.41) is 14.4. The number of unbranched alkanes of at least 4 members (excludes halogenated alkanes) is 2. The molecule has 4 atom stereocenters. The lowest BCUT2D eigenvalue weighted by Gasteiger charge is -2.35. The number of imide groups is 1. The zero-order valence-electron chi connectivity index (χ0n) is 51.8. The topological polar surface area (TPSA) is 295 Å². The number of halogens is 6. The van der Waals surface area contributed by atoms with Crippen molar-refractivity contribution in [2.24, 2.45) is 5.73 Å². The minimum Gasteiger partial charge on any atom is -0.489 e. The van der Waals surface area contributed by atoms with Gasteiger partial charge in [0.2, 0.25) is 23.1 Å². The van der Waals surface area contributed by atoms with Crippen molar-refractivity contribution in [3.8, 4) is 11.5 Å². The highest BCUT2D eigenvalue weighted by Crippen LogP contribution is 2.40. The second kappa shape index (κ2) is 38.7. The molecule has 2 aliphatic heterocycles. The van der Waals surface area contributed by atoms with Crippen molar-refractivity contribution in [2.45, 2.75) is 142 Å². The molecule has 3 heterocycles. The number of carbonyl (C=O) groups excluding carboxylic acids is 5. The quantitative estimate of drug-likeness (QED) is 0.0152. The van der Waals surface area contributed by atoms with Gasteiger partial charge in [-0.25, -0.2) is 14.1 Å². The maximum absolute atomic E-state index is 14.5. The molecule has 1 aromatic heterocycles. The smallest absolute Gasteiger partial charge is 0.344 e. The number of nitrogens with one attached hydrogen (secondary N) is 2. The zero-order chi connectivity index (χ0) is 66.7. The van der Waals surface area contributed by atoms with Crippen LogP contribution in [0.3, 0.4) is 0 Å². The van der Waals surface area contributed by atoms with Gasteiger partial charge in [0.1, 0.15) is 35.8 Å². The van der Waals surface area contributed by atoms with Crippen molar-refractivity contribution in [2.75, 3.05) is 84.1 Å². The number of aromatic nitrogens is 3. The number of carbonyl (C=O) groups is 6. The van der Waals surface area contributed by atoms with Crippen molar-refractivity contribution in [1.82, 2.24) is 15.0 Å². The summed E-state index contributed by atoms with van der Waals surface area (Å²) in [6.07, 6.45) is 6.28. The van der Waals surface area contributed by atoms with Crippen molar-refractivity contribution < 1.29 is 66.7 Å². The summed E-state index contributed by atoms with van der Waals surface area (Å²) in [5.74, 6) is -2.29. The summed E-state index contributed by atoms with van der Waals surface area (Å²) in [4.78, 5) is 95.2. The normalized spacial score (nSPS) is 15.3. The Hall–Kier alpha value is -5.88. The van der Waals surface area contributed by atoms with Crippen LogP contribution < -0.4 is 40.5 Å². The fourth-order valence-corrected chi connectivity index (χ4v) is 10.4. The molecule has 4 amide bonds. The summed E-state index contributed by atoms with van der Waals surface area (Å²) in [6.45, 7) is 18.7. The number of hydrogen-bond donors (Lipinski definition) is 5. The zero-order valence-corrected chi connectivity index (χ0v) is 56.4. The van der Waals surface area contributed by atoms with Crippen LogP contribution in [0.25, 0.3) is 0 Å². The number of benzene rings is 3. The van der Waals surface area contributed by atoms with Gasteiger partial charge in [0.15, 0.2) is 18.8 Å². The number of hydrogen-bond acceptors (Lipinski definition) is 17. The minimum atomic E-state index is -3.10. The van der Waals surface area contributed by atoms with E-state index in [0.717, 1.165) is 78.5 Å². The third-order valence-electron chi connectivity index (χ3n) is 13.2. The Labute approximate surface area is 545 Å². The van der Waals surface area contributed by atoms with E-state index in [1.807, 2.05) is 84.9 Å². The molecule has 0 saturated heterocycles. The summed E-state index contributed by atoms with van der Waals surface area (Å²) < 4.78 is 46.3. The highest BCUT2D eigenvalue weighted by molar-refractivity contribution is 7.57. The molecule has 4 unspecified atom stereocenters. The van der Waals surface area contributed by atoms with Crippen LogP contribution in [0.4, 0.5) is 33.3 Å². The molecular weight excluding hydrogens is 1280 g/mol.